The Morgan fingerprint density at radius 3 is 2.76 bits per heavy atom. The summed E-state index contributed by atoms with van der Waals surface area (Å²) < 4.78 is 6.76. The van der Waals surface area contributed by atoms with Crippen molar-refractivity contribution in [3.63, 3.8) is 0 Å². The van der Waals surface area contributed by atoms with E-state index in [1.165, 1.54) is 5.56 Å². The number of nitrogens with zero attached hydrogens (tertiary/aromatic N) is 4. The molecule has 1 amide bonds. The first kappa shape index (κ1) is 16.6. The maximum Gasteiger partial charge on any atom is 0.251 e. The summed E-state index contributed by atoms with van der Waals surface area (Å²) >= 11 is 0. The highest BCUT2D eigenvalue weighted by Crippen LogP contribution is 2.15. The Labute approximate surface area is 145 Å². The van der Waals surface area contributed by atoms with Gasteiger partial charge in [-0.3, -0.25) is 4.79 Å². The third-order valence-electron chi connectivity index (χ3n) is 4.01. The van der Waals surface area contributed by atoms with E-state index in [1.54, 1.807) is 36.1 Å². The van der Waals surface area contributed by atoms with Crippen molar-refractivity contribution in [2.24, 2.45) is 0 Å². The zero-order valence-electron chi connectivity index (χ0n) is 14.4. The van der Waals surface area contributed by atoms with E-state index in [0.717, 1.165) is 11.3 Å². The number of hydrogen-bond acceptors (Lipinski definition) is 5. The lowest BCUT2D eigenvalue weighted by Gasteiger charge is -2.09. The Kier molecular flexibility index (Phi) is 4.74. The molecule has 1 N–H and O–H groups in total. The Morgan fingerprint density at radius 2 is 2.00 bits per heavy atom. The lowest BCUT2D eigenvalue weighted by molar-refractivity contribution is 0.0949. The molecule has 0 bridgehead atoms. The first-order valence-electron chi connectivity index (χ1n) is 7.85. The predicted molar refractivity (Wildman–Crippen MR) is 92.8 cm³/mol. The molecule has 0 aliphatic carbocycles. The molecule has 0 aliphatic heterocycles. The van der Waals surface area contributed by atoms with Crippen LogP contribution in [-0.4, -0.2) is 33.2 Å². The second kappa shape index (κ2) is 7.12. The van der Waals surface area contributed by atoms with Crippen LogP contribution in [0.2, 0.25) is 0 Å². The van der Waals surface area contributed by atoms with Crippen LogP contribution >= 0.6 is 0 Å². The van der Waals surface area contributed by atoms with Crippen LogP contribution < -0.4 is 10.1 Å². The van der Waals surface area contributed by atoms with Gasteiger partial charge in [-0.15, -0.1) is 5.10 Å². The zero-order valence-corrected chi connectivity index (χ0v) is 14.4. The van der Waals surface area contributed by atoms with E-state index in [1.807, 2.05) is 32.0 Å². The first-order valence-corrected chi connectivity index (χ1v) is 7.85. The SMILES string of the molecule is COc1cccc(C(=O)NCc2nnnn2-c2ccc(C)c(C)c2)c1. The molecule has 128 valence electrons. The molecule has 0 atom stereocenters. The summed E-state index contributed by atoms with van der Waals surface area (Å²) in [6.07, 6.45) is 0. The summed E-state index contributed by atoms with van der Waals surface area (Å²) in [7, 11) is 1.56. The molecular formula is C18H19N5O2. The molecule has 2 aromatic carbocycles. The number of carbonyl (C=O) groups is 1. The average molecular weight is 337 g/mol. The number of rotatable bonds is 5. The van der Waals surface area contributed by atoms with Crippen LogP contribution in [0.25, 0.3) is 5.69 Å². The Bertz CT molecular complexity index is 904. The lowest BCUT2D eigenvalue weighted by atomic mass is 10.1. The van der Waals surface area contributed by atoms with E-state index in [-0.39, 0.29) is 12.5 Å². The molecule has 3 rings (SSSR count). The van der Waals surface area contributed by atoms with Crippen LogP contribution in [0.5, 0.6) is 5.75 Å². The summed E-state index contributed by atoms with van der Waals surface area (Å²) in [6, 6.07) is 13.0. The van der Waals surface area contributed by atoms with Crippen molar-refractivity contribution < 1.29 is 9.53 Å². The van der Waals surface area contributed by atoms with Gasteiger partial charge in [-0.2, -0.15) is 4.68 Å². The highest BCUT2D eigenvalue weighted by molar-refractivity contribution is 5.94. The quantitative estimate of drug-likeness (QED) is 0.772. The summed E-state index contributed by atoms with van der Waals surface area (Å²) in [4.78, 5) is 12.3. The maximum absolute atomic E-state index is 12.3. The summed E-state index contributed by atoms with van der Waals surface area (Å²) in [5.41, 5.74) is 3.73. The molecule has 7 nitrogen and oxygen atoms in total. The van der Waals surface area contributed by atoms with Gasteiger partial charge in [0.05, 0.1) is 19.3 Å². The molecule has 0 radical (unpaired) electrons. The minimum atomic E-state index is -0.214. The second-order valence-corrected chi connectivity index (χ2v) is 5.69. The van der Waals surface area contributed by atoms with Gasteiger partial charge in [0.15, 0.2) is 5.82 Å². The Balaban J connectivity index is 1.75. The van der Waals surface area contributed by atoms with Gasteiger partial charge in [0.1, 0.15) is 5.75 Å². The molecule has 1 aromatic heterocycles. The van der Waals surface area contributed by atoms with Crippen molar-refractivity contribution in [1.82, 2.24) is 25.5 Å². The van der Waals surface area contributed by atoms with Gasteiger partial charge < -0.3 is 10.1 Å². The highest BCUT2D eigenvalue weighted by Gasteiger charge is 2.12. The number of aryl methyl sites for hydroxylation is 2. The fraction of sp³-hybridized carbons (Fsp3) is 0.222. The molecule has 0 saturated carbocycles. The van der Waals surface area contributed by atoms with Gasteiger partial charge in [-0.1, -0.05) is 12.1 Å². The third-order valence-corrected chi connectivity index (χ3v) is 4.01. The lowest BCUT2D eigenvalue weighted by Crippen LogP contribution is -2.24. The zero-order chi connectivity index (χ0) is 17.8. The number of aromatic nitrogens is 4. The van der Waals surface area contributed by atoms with E-state index in [2.05, 4.69) is 20.8 Å². The minimum Gasteiger partial charge on any atom is -0.497 e. The summed E-state index contributed by atoms with van der Waals surface area (Å²) in [5.74, 6) is 0.973. The van der Waals surface area contributed by atoms with Crippen LogP contribution in [0.1, 0.15) is 27.3 Å². The van der Waals surface area contributed by atoms with Gasteiger partial charge in [-0.05, 0) is 65.7 Å². The van der Waals surface area contributed by atoms with E-state index in [4.69, 9.17) is 4.74 Å². The monoisotopic (exact) mass is 337 g/mol. The number of hydrogen-bond donors (Lipinski definition) is 1. The molecule has 25 heavy (non-hydrogen) atoms. The number of tetrazole rings is 1. The van der Waals surface area contributed by atoms with Gasteiger partial charge in [0.2, 0.25) is 0 Å². The molecule has 0 saturated heterocycles. The summed E-state index contributed by atoms with van der Waals surface area (Å²) in [6.45, 7) is 4.30. The van der Waals surface area contributed by atoms with Crippen LogP contribution in [-0.2, 0) is 6.54 Å². The average Bonchev–Trinajstić information content (AvgIpc) is 3.10. The van der Waals surface area contributed by atoms with E-state index in [0.29, 0.717) is 17.1 Å². The molecule has 0 spiro atoms. The number of nitrogens with one attached hydrogen (secondary N) is 1. The van der Waals surface area contributed by atoms with Crippen molar-refractivity contribution in [2.75, 3.05) is 7.11 Å². The van der Waals surface area contributed by atoms with E-state index < -0.39 is 0 Å². The first-order chi connectivity index (χ1) is 12.1. The van der Waals surface area contributed by atoms with Crippen molar-refractivity contribution in [3.05, 3.63) is 65.0 Å². The number of methoxy groups -OCH3 is 1. The fourth-order valence-corrected chi connectivity index (χ4v) is 2.40. The molecular weight excluding hydrogens is 318 g/mol. The van der Waals surface area contributed by atoms with Gasteiger partial charge >= 0.3 is 0 Å². The topological polar surface area (TPSA) is 81.9 Å². The van der Waals surface area contributed by atoms with E-state index >= 15 is 0 Å². The highest BCUT2D eigenvalue weighted by atomic mass is 16.5. The van der Waals surface area contributed by atoms with Crippen LogP contribution in [0, 0.1) is 13.8 Å². The minimum absolute atomic E-state index is 0.214. The smallest absolute Gasteiger partial charge is 0.251 e. The maximum atomic E-state index is 12.3. The number of ether oxygens (including phenoxy) is 1. The van der Waals surface area contributed by atoms with Crippen molar-refractivity contribution in [2.45, 2.75) is 20.4 Å². The van der Waals surface area contributed by atoms with Gasteiger partial charge in [-0.25, -0.2) is 0 Å². The normalized spacial score (nSPS) is 10.5. The largest absolute Gasteiger partial charge is 0.497 e. The number of carbonyl (C=O) groups excluding carboxylic acids is 1. The molecule has 3 aromatic rings. The van der Waals surface area contributed by atoms with E-state index in [9.17, 15) is 4.79 Å². The molecule has 0 aliphatic rings. The standard InChI is InChI=1S/C18H19N5O2/c1-12-7-8-15(9-13(12)2)23-17(20-21-22-23)11-19-18(24)14-5-4-6-16(10-14)25-3/h4-10H,11H2,1-3H3,(H,19,24). The fourth-order valence-electron chi connectivity index (χ4n) is 2.40. The second-order valence-electron chi connectivity index (χ2n) is 5.69. The van der Waals surface area contributed by atoms with Crippen molar-refractivity contribution in [1.29, 1.82) is 0 Å². The number of benzene rings is 2. The predicted octanol–water partition coefficient (Wildman–Crippen LogP) is 2.22. The van der Waals surface area contributed by atoms with Crippen molar-refractivity contribution >= 4 is 5.91 Å². The van der Waals surface area contributed by atoms with Gasteiger partial charge in [0.25, 0.3) is 5.91 Å². The Morgan fingerprint density at radius 1 is 1.16 bits per heavy atom. The molecule has 0 fully saturated rings. The molecule has 0 unspecified atom stereocenters. The summed E-state index contributed by atoms with van der Waals surface area (Å²) in [5, 5.41) is 14.6. The number of amides is 1. The van der Waals surface area contributed by atoms with Crippen molar-refractivity contribution in [3.8, 4) is 11.4 Å². The van der Waals surface area contributed by atoms with Crippen LogP contribution in [0.4, 0.5) is 0 Å². The molecule has 1 heterocycles. The van der Waals surface area contributed by atoms with Crippen LogP contribution in [0.3, 0.4) is 0 Å². The third kappa shape index (κ3) is 3.65. The molecule has 7 heteroatoms. The van der Waals surface area contributed by atoms with Gasteiger partial charge in [0, 0.05) is 5.56 Å². The van der Waals surface area contributed by atoms with Crippen LogP contribution in [0.15, 0.2) is 42.5 Å². The Hall–Kier alpha value is -3.22.